The quantitative estimate of drug-likeness (QED) is 0.165. The number of fused-ring (bicyclic) bond motifs is 1. The molecule has 0 amide bonds. The second-order valence-corrected chi connectivity index (χ2v) is 10.1. The molecule has 0 saturated heterocycles. The zero-order chi connectivity index (χ0) is 29.9. The molecule has 43 heavy (non-hydrogen) atoms. The number of hydrogen-bond donors (Lipinski definition) is 0. The Hall–Kier alpha value is -5.09. The predicted molar refractivity (Wildman–Crippen MR) is 155 cm³/mol. The van der Waals surface area contributed by atoms with E-state index in [0.717, 1.165) is 0 Å². The fourth-order valence-corrected chi connectivity index (χ4v) is 4.83. The average Bonchev–Trinajstić information content (AvgIpc) is 3.65. The predicted octanol–water partition coefficient (Wildman–Crippen LogP) is 7.02. The first-order valence-corrected chi connectivity index (χ1v) is 13.5. The van der Waals surface area contributed by atoms with Gasteiger partial charge in [0, 0.05) is 28.6 Å². The van der Waals surface area contributed by atoms with Crippen molar-refractivity contribution in [3.63, 3.8) is 0 Å². The Bertz CT molecular complexity index is 1940. The van der Waals surface area contributed by atoms with Gasteiger partial charge in [-0.05, 0) is 48.0 Å². The smallest absolute Gasteiger partial charge is 0.337 e. The van der Waals surface area contributed by atoms with Crippen LogP contribution in [0.3, 0.4) is 0 Å². The van der Waals surface area contributed by atoms with E-state index in [-0.39, 0.29) is 25.5 Å². The molecule has 0 spiro atoms. The number of imidazole rings is 1. The SMILES string of the molecule is COC(=O)c1ccc2nc(Cc3ccc(-c4cccc(OCc5ccc(Cl)cc5F)n4)cc3F)n(Cc3cnco3)c2c1. The Balaban J connectivity index is 1.26. The van der Waals surface area contributed by atoms with Gasteiger partial charge in [0.2, 0.25) is 5.88 Å². The number of nitrogens with zero attached hydrogens (tertiary/aromatic N) is 4. The van der Waals surface area contributed by atoms with Crippen LogP contribution in [0.2, 0.25) is 5.02 Å². The van der Waals surface area contributed by atoms with Gasteiger partial charge < -0.3 is 18.5 Å². The van der Waals surface area contributed by atoms with E-state index in [1.807, 2.05) is 4.57 Å². The molecular formula is C32H23ClF2N4O4. The summed E-state index contributed by atoms with van der Waals surface area (Å²) >= 11 is 5.82. The molecule has 3 heterocycles. The lowest BCUT2D eigenvalue weighted by Crippen LogP contribution is -2.07. The largest absolute Gasteiger partial charge is 0.473 e. The van der Waals surface area contributed by atoms with Gasteiger partial charge in [0.25, 0.3) is 0 Å². The molecule has 3 aromatic heterocycles. The first-order chi connectivity index (χ1) is 20.9. The van der Waals surface area contributed by atoms with Crippen molar-refractivity contribution in [3.05, 3.63) is 130 Å². The molecule has 8 nitrogen and oxygen atoms in total. The summed E-state index contributed by atoms with van der Waals surface area (Å²) in [6.07, 6.45) is 3.09. The highest BCUT2D eigenvalue weighted by Gasteiger charge is 2.18. The third-order valence-electron chi connectivity index (χ3n) is 6.86. The number of hydrogen-bond acceptors (Lipinski definition) is 7. The molecule has 0 radical (unpaired) electrons. The Morgan fingerprint density at radius 2 is 1.81 bits per heavy atom. The molecule has 0 aliphatic rings. The molecule has 0 fully saturated rings. The minimum atomic E-state index is -0.474. The molecule has 0 aliphatic heterocycles. The lowest BCUT2D eigenvalue weighted by Gasteiger charge is -2.11. The molecule has 0 unspecified atom stereocenters. The molecule has 6 rings (SSSR count). The Kier molecular flexibility index (Phi) is 7.84. The number of esters is 1. The number of carbonyl (C=O) groups excluding carboxylic acids is 1. The molecular weight excluding hydrogens is 578 g/mol. The van der Waals surface area contributed by atoms with E-state index in [1.54, 1.807) is 66.9 Å². The zero-order valence-electron chi connectivity index (χ0n) is 22.8. The van der Waals surface area contributed by atoms with Crippen molar-refractivity contribution in [2.24, 2.45) is 0 Å². The number of benzene rings is 3. The third-order valence-corrected chi connectivity index (χ3v) is 7.09. The number of carbonyl (C=O) groups is 1. The van der Waals surface area contributed by atoms with Crippen molar-refractivity contribution in [3.8, 4) is 17.1 Å². The standard InChI is InChI=1S/C32H23ClF2N4O4/c1-41-32(40)21-8-10-28-29(12-21)39(16-24-15-36-18-43-24)30(37-28)13-19-5-6-20(11-25(19)34)27-3-2-4-31(38-27)42-17-22-7-9-23(33)14-26(22)35/h2-12,14-15,18H,13,16-17H2,1H3. The number of ether oxygens (including phenoxy) is 2. The number of aromatic nitrogens is 4. The second kappa shape index (κ2) is 12.0. The van der Waals surface area contributed by atoms with E-state index in [2.05, 4.69) is 9.97 Å². The van der Waals surface area contributed by atoms with Crippen molar-refractivity contribution in [2.45, 2.75) is 19.6 Å². The van der Waals surface area contributed by atoms with Crippen molar-refractivity contribution in [2.75, 3.05) is 7.11 Å². The van der Waals surface area contributed by atoms with E-state index >= 15 is 4.39 Å². The van der Waals surface area contributed by atoms with Crippen molar-refractivity contribution < 1.29 is 27.5 Å². The van der Waals surface area contributed by atoms with Crippen LogP contribution in [-0.2, 0) is 24.3 Å². The highest BCUT2D eigenvalue weighted by molar-refractivity contribution is 6.30. The molecule has 6 aromatic rings. The van der Waals surface area contributed by atoms with Crippen LogP contribution in [0.4, 0.5) is 8.78 Å². The molecule has 3 aromatic carbocycles. The molecule has 11 heteroatoms. The van der Waals surface area contributed by atoms with E-state index in [1.165, 1.54) is 25.6 Å². The minimum absolute atomic E-state index is 0.0387. The number of rotatable bonds is 9. The van der Waals surface area contributed by atoms with E-state index in [4.69, 9.17) is 30.5 Å². The Labute approximate surface area is 249 Å². The summed E-state index contributed by atoms with van der Waals surface area (Å²) in [5, 5.41) is 0.298. The molecule has 0 atom stereocenters. The van der Waals surface area contributed by atoms with Crippen LogP contribution in [0.1, 0.15) is 33.1 Å². The van der Waals surface area contributed by atoms with Crippen LogP contribution in [0.25, 0.3) is 22.3 Å². The van der Waals surface area contributed by atoms with Crippen LogP contribution >= 0.6 is 11.6 Å². The van der Waals surface area contributed by atoms with Gasteiger partial charge in [0.1, 0.15) is 29.8 Å². The monoisotopic (exact) mass is 600 g/mol. The van der Waals surface area contributed by atoms with Gasteiger partial charge in [-0.15, -0.1) is 0 Å². The average molecular weight is 601 g/mol. The maximum Gasteiger partial charge on any atom is 0.337 e. The summed E-state index contributed by atoms with van der Waals surface area (Å²) in [6, 6.07) is 19.4. The minimum Gasteiger partial charge on any atom is -0.473 e. The highest BCUT2D eigenvalue weighted by Crippen LogP contribution is 2.27. The van der Waals surface area contributed by atoms with Gasteiger partial charge in [0.05, 0.1) is 42.1 Å². The van der Waals surface area contributed by atoms with Gasteiger partial charge in [-0.1, -0.05) is 35.9 Å². The topological polar surface area (TPSA) is 92.3 Å². The van der Waals surface area contributed by atoms with Crippen LogP contribution in [-0.4, -0.2) is 32.6 Å². The molecule has 0 aliphatic carbocycles. The van der Waals surface area contributed by atoms with E-state index in [9.17, 15) is 9.18 Å². The number of oxazole rings is 1. The van der Waals surface area contributed by atoms with Crippen LogP contribution < -0.4 is 4.74 Å². The van der Waals surface area contributed by atoms with Crippen molar-refractivity contribution in [1.82, 2.24) is 19.5 Å². The number of pyridine rings is 1. The fourth-order valence-electron chi connectivity index (χ4n) is 4.67. The first-order valence-electron chi connectivity index (χ1n) is 13.2. The molecule has 0 N–H and O–H groups in total. The van der Waals surface area contributed by atoms with Gasteiger partial charge in [0.15, 0.2) is 6.39 Å². The Morgan fingerprint density at radius 1 is 0.977 bits per heavy atom. The summed E-state index contributed by atoms with van der Waals surface area (Å²) in [4.78, 5) is 25.3. The summed E-state index contributed by atoms with van der Waals surface area (Å²) in [5.41, 5.74) is 3.46. The third kappa shape index (κ3) is 6.09. The maximum atomic E-state index is 15.5. The maximum absolute atomic E-state index is 15.5. The lowest BCUT2D eigenvalue weighted by molar-refractivity contribution is 0.0601. The highest BCUT2D eigenvalue weighted by atomic mass is 35.5. The molecule has 216 valence electrons. The number of methoxy groups -OCH3 is 1. The summed E-state index contributed by atoms with van der Waals surface area (Å²) < 4.78 is 47.5. The second-order valence-electron chi connectivity index (χ2n) is 9.65. The van der Waals surface area contributed by atoms with Gasteiger partial charge in [-0.25, -0.2) is 28.5 Å². The molecule has 0 bridgehead atoms. The van der Waals surface area contributed by atoms with Crippen LogP contribution in [0.5, 0.6) is 5.88 Å². The lowest BCUT2D eigenvalue weighted by atomic mass is 10.1. The van der Waals surface area contributed by atoms with Gasteiger partial charge >= 0.3 is 5.97 Å². The molecule has 0 saturated carbocycles. The van der Waals surface area contributed by atoms with E-state index < -0.39 is 17.6 Å². The normalized spacial score (nSPS) is 11.2. The van der Waals surface area contributed by atoms with Crippen molar-refractivity contribution >= 4 is 28.6 Å². The van der Waals surface area contributed by atoms with Gasteiger partial charge in [-0.3, -0.25) is 0 Å². The van der Waals surface area contributed by atoms with Crippen LogP contribution in [0, 0.1) is 11.6 Å². The fraction of sp³-hybridized carbons (Fsp3) is 0.125. The Morgan fingerprint density at radius 3 is 2.58 bits per heavy atom. The summed E-state index contributed by atoms with van der Waals surface area (Å²) in [7, 11) is 1.32. The summed E-state index contributed by atoms with van der Waals surface area (Å²) in [5.74, 6) is 0.0262. The van der Waals surface area contributed by atoms with Crippen LogP contribution in [0.15, 0.2) is 89.8 Å². The van der Waals surface area contributed by atoms with Gasteiger partial charge in [-0.2, -0.15) is 0 Å². The summed E-state index contributed by atoms with van der Waals surface area (Å²) in [6.45, 7) is 0.246. The number of halogens is 3. The first kappa shape index (κ1) is 28.0. The van der Waals surface area contributed by atoms with Crippen molar-refractivity contribution in [1.29, 1.82) is 0 Å². The van der Waals surface area contributed by atoms with E-state index in [0.29, 0.717) is 55.6 Å². The zero-order valence-corrected chi connectivity index (χ0v) is 23.5.